The Hall–Kier alpha value is -3.66. The highest BCUT2D eigenvalue weighted by molar-refractivity contribution is 6.04. The van der Waals surface area contributed by atoms with Gasteiger partial charge in [-0.3, -0.25) is 19.4 Å². The van der Waals surface area contributed by atoms with Crippen LogP contribution in [0.25, 0.3) is 0 Å². The van der Waals surface area contributed by atoms with Crippen LogP contribution in [0.5, 0.6) is 11.5 Å². The van der Waals surface area contributed by atoms with E-state index in [4.69, 9.17) is 14.2 Å². The Morgan fingerprint density at radius 3 is 2.40 bits per heavy atom. The van der Waals surface area contributed by atoms with Crippen molar-refractivity contribution in [2.45, 2.75) is 89.8 Å². The number of ketones is 2. The zero-order valence-electron chi connectivity index (χ0n) is 26.6. The summed E-state index contributed by atoms with van der Waals surface area (Å²) in [6, 6.07) is 5.21. The number of aryl methyl sites for hydroxylation is 1. The van der Waals surface area contributed by atoms with Crippen LogP contribution in [0.15, 0.2) is 29.4 Å². The first-order valence-corrected chi connectivity index (χ1v) is 15.4. The van der Waals surface area contributed by atoms with Gasteiger partial charge in [0.2, 0.25) is 5.78 Å². The van der Waals surface area contributed by atoms with Crippen molar-refractivity contribution in [2.24, 2.45) is 12.0 Å². The van der Waals surface area contributed by atoms with Crippen molar-refractivity contribution in [3.63, 3.8) is 0 Å². The molecule has 0 bridgehead atoms. The van der Waals surface area contributed by atoms with Gasteiger partial charge >= 0.3 is 0 Å². The number of carbonyl (C=O) groups is 3. The molecular weight excluding hydrogens is 548 g/mol. The Kier molecular flexibility index (Phi) is 10.00. The molecule has 2 aromatic rings. The standard InChI is InChI=1S/C33H46N4O6/c1-8-32(9-2,35-22-17-26(36(5)21-22)30(39)33(10-3,11-4)42-7)29(38)14-16-43-28-19-25-24(18-27(28)41-6)31(40)37-15-12-13-23(37)20-34-25/h17-21,23,35H,8-16H2,1-7H3. The number of benzene rings is 1. The number of rotatable bonds is 15. The Bertz CT molecular complexity index is 1360. The molecule has 10 heteroatoms. The van der Waals surface area contributed by atoms with Crippen molar-refractivity contribution >= 4 is 35.1 Å². The van der Waals surface area contributed by atoms with Crippen LogP contribution in [0, 0.1) is 0 Å². The average molecular weight is 595 g/mol. The average Bonchev–Trinajstić information content (AvgIpc) is 3.62. The van der Waals surface area contributed by atoms with Gasteiger partial charge in [-0.1, -0.05) is 27.7 Å². The van der Waals surface area contributed by atoms with Crippen LogP contribution in [0.3, 0.4) is 0 Å². The van der Waals surface area contributed by atoms with E-state index in [0.29, 0.717) is 66.4 Å². The number of ether oxygens (including phenoxy) is 3. The molecule has 3 heterocycles. The zero-order chi connectivity index (χ0) is 31.4. The van der Waals surface area contributed by atoms with Crippen LogP contribution in [0.2, 0.25) is 0 Å². The Balaban J connectivity index is 1.48. The third kappa shape index (κ3) is 6.07. The largest absolute Gasteiger partial charge is 0.493 e. The molecule has 1 aromatic heterocycles. The smallest absolute Gasteiger partial charge is 0.256 e. The van der Waals surface area contributed by atoms with Crippen LogP contribution in [0.4, 0.5) is 11.4 Å². The molecule has 2 aliphatic rings. The summed E-state index contributed by atoms with van der Waals surface area (Å²) in [4.78, 5) is 46.7. The van der Waals surface area contributed by atoms with Gasteiger partial charge in [0.05, 0.1) is 47.9 Å². The van der Waals surface area contributed by atoms with Crippen LogP contribution >= 0.6 is 0 Å². The van der Waals surface area contributed by atoms with Gasteiger partial charge in [0.1, 0.15) is 5.60 Å². The van der Waals surface area contributed by atoms with E-state index in [-0.39, 0.29) is 36.5 Å². The van der Waals surface area contributed by atoms with Gasteiger partial charge < -0.3 is 29.0 Å². The fourth-order valence-electron chi connectivity index (χ4n) is 6.32. The molecule has 0 spiro atoms. The number of anilines is 1. The number of aromatic nitrogens is 1. The van der Waals surface area contributed by atoms with E-state index in [1.165, 1.54) is 7.11 Å². The number of Topliss-reactive ketones (excluding diaryl/α,β-unsaturated/α-hetero) is 2. The molecule has 10 nitrogen and oxygen atoms in total. The van der Waals surface area contributed by atoms with Crippen molar-refractivity contribution in [3.8, 4) is 11.5 Å². The number of nitrogens with zero attached hydrogens (tertiary/aromatic N) is 3. The quantitative estimate of drug-likeness (QED) is 0.261. The maximum atomic E-state index is 13.7. The number of nitrogens with one attached hydrogen (secondary N) is 1. The van der Waals surface area contributed by atoms with E-state index < -0.39 is 11.1 Å². The van der Waals surface area contributed by atoms with E-state index in [9.17, 15) is 14.4 Å². The molecule has 1 aromatic carbocycles. The third-order valence-electron chi connectivity index (χ3n) is 9.35. The third-order valence-corrected chi connectivity index (χ3v) is 9.35. The minimum absolute atomic E-state index is 0.00475. The fourth-order valence-corrected chi connectivity index (χ4v) is 6.32. The minimum Gasteiger partial charge on any atom is -0.493 e. The number of hydrogen-bond donors (Lipinski definition) is 1. The molecule has 1 unspecified atom stereocenters. The summed E-state index contributed by atoms with van der Waals surface area (Å²) in [5.41, 5.74) is 0.549. The molecule has 1 fully saturated rings. The lowest BCUT2D eigenvalue weighted by Crippen LogP contribution is -2.45. The van der Waals surface area contributed by atoms with Gasteiger partial charge in [-0.05, 0) is 50.7 Å². The van der Waals surface area contributed by atoms with Gasteiger partial charge in [0, 0.05) is 45.6 Å². The summed E-state index contributed by atoms with van der Waals surface area (Å²) in [6.07, 6.45) is 7.95. The summed E-state index contributed by atoms with van der Waals surface area (Å²) in [6.45, 7) is 8.70. The van der Waals surface area contributed by atoms with E-state index in [0.717, 1.165) is 12.8 Å². The van der Waals surface area contributed by atoms with Crippen LogP contribution in [-0.2, 0) is 16.6 Å². The second kappa shape index (κ2) is 13.3. The summed E-state index contributed by atoms with van der Waals surface area (Å²) < 4.78 is 19.1. The number of aliphatic imine (C=N–C) groups is 1. The van der Waals surface area contributed by atoms with Crippen molar-refractivity contribution in [2.75, 3.05) is 32.7 Å². The zero-order valence-corrected chi connectivity index (χ0v) is 26.6. The normalized spacial score (nSPS) is 16.5. The second-order valence-electron chi connectivity index (χ2n) is 11.4. The highest BCUT2D eigenvalue weighted by Gasteiger charge is 2.39. The van der Waals surface area contributed by atoms with Crippen molar-refractivity contribution in [1.29, 1.82) is 0 Å². The monoisotopic (exact) mass is 594 g/mol. The molecule has 4 rings (SSSR count). The van der Waals surface area contributed by atoms with Gasteiger partial charge in [-0.15, -0.1) is 0 Å². The van der Waals surface area contributed by atoms with E-state index in [1.807, 2.05) is 52.1 Å². The summed E-state index contributed by atoms with van der Waals surface area (Å²) in [5.74, 6) is 0.739. The predicted molar refractivity (Wildman–Crippen MR) is 167 cm³/mol. The molecular formula is C33H46N4O6. The Morgan fingerprint density at radius 2 is 1.77 bits per heavy atom. The molecule has 0 saturated carbocycles. The topological polar surface area (TPSA) is 111 Å². The lowest BCUT2D eigenvalue weighted by Gasteiger charge is -2.32. The highest BCUT2D eigenvalue weighted by atomic mass is 16.5. The first kappa shape index (κ1) is 32.3. The molecule has 1 amide bonds. The number of methoxy groups -OCH3 is 2. The maximum Gasteiger partial charge on any atom is 0.256 e. The lowest BCUT2D eigenvalue weighted by atomic mass is 9.86. The highest BCUT2D eigenvalue weighted by Crippen LogP contribution is 2.38. The lowest BCUT2D eigenvalue weighted by molar-refractivity contribution is -0.124. The number of hydrogen-bond acceptors (Lipinski definition) is 8. The van der Waals surface area contributed by atoms with E-state index in [1.54, 1.807) is 29.9 Å². The molecule has 1 N–H and O–H groups in total. The van der Waals surface area contributed by atoms with Crippen LogP contribution in [0.1, 0.15) is 93.5 Å². The van der Waals surface area contributed by atoms with Gasteiger partial charge in [0.25, 0.3) is 5.91 Å². The Labute approximate surface area is 254 Å². The molecule has 0 aliphatic carbocycles. The van der Waals surface area contributed by atoms with E-state index in [2.05, 4.69) is 10.3 Å². The minimum atomic E-state index is -0.880. The second-order valence-corrected chi connectivity index (χ2v) is 11.4. The summed E-state index contributed by atoms with van der Waals surface area (Å²) in [5, 5.41) is 3.45. The summed E-state index contributed by atoms with van der Waals surface area (Å²) in [7, 11) is 4.93. The van der Waals surface area contributed by atoms with Gasteiger partial charge in [0.15, 0.2) is 17.3 Å². The number of carbonyl (C=O) groups excluding carboxylic acids is 3. The van der Waals surface area contributed by atoms with Crippen molar-refractivity contribution in [1.82, 2.24) is 9.47 Å². The van der Waals surface area contributed by atoms with Gasteiger partial charge in [-0.2, -0.15) is 0 Å². The molecule has 234 valence electrons. The SMILES string of the molecule is CCC(CC)(Nc1cc(C(=O)C(CC)(CC)OC)n(C)c1)C(=O)CCOc1cc2c(cc1OC)C(=O)N1CCCC1C=N2. The molecule has 2 aliphatic heterocycles. The predicted octanol–water partition coefficient (Wildman–Crippen LogP) is 5.75. The van der Waals surface area contributed by atoms with Crippen molar-refractivity contribution < 1.29 is 28.6 Å². The molecule has 1 atom stereocenters. The molecule has 43 heavy (non-hydrogen) atoms. The number of fused-ring (bicyclic) bond motifs is 2. The number of amides is 1. The first-order valence-electron chi connectivity index (χ1n) is 15.4. The van der Waals surface area contributed by atoms with E-state index >= 15 is 0 Å². The fraction of sp³-hybridized carbons (Fsp3) is 0.576. The van der Waals surface area contributed by atoms with Gasteiger partial charge in [-0.25, -0.2) is 0 Å². The Morgan fingerprint density at radius 1 is 1.05 bits per heavy atom. The molecule has 0 radical (unpaired) electrons. The summed E-state index contributed by atoms with van der Waals surface area (Å²) >= 11 is 0. The molecule has 1 saturated heterocycles. The maximum absolute atomic E-state index is 13.7. The van der Waals surface area contributed by atoms with Crippen LogP contribution in [-0.4, -0.2) is 77.7 Å². The first-order chi connectivity index (χ1) is 20.6. The van der Waals surface area contributed by atoms with Crippen molar-refractivity contribution in [3.05, 3.63) is 35.7 Å². The van der Waals surface area contributed by atoms with Crippen LogP contribution < -0.4 is 14.8 Å².